The van der Waals surface area contributed by atoms with Crippen LogP contribution in [0, 0.1) is 6.07 Å². The molecule has 1 aliphatic heterocycles. The third-order valence-corrected chi connectivity index (χ3v) is 5.50. The first kappa shape index (κ1) is 18.1. The maximum Gasteiger partial charge on any atom is 0.169 e. The van der Waals surface area contributed by atoms with Gasteiger partial charge in [0.1, 0.15) is 5.69 Å². The molecule has 3 aromatic rings. The van der Waals surface area contributed by atoms with Crippen LogP contribution in [0.2, 0.25) is 5.02 Å². The van der Waals surface area contributed by atoms with E-state index in [1.54, 1.807) is 7.11 Å². The second kappa shape index (κ2) is 7.41. The van der Waals surface area contributed by atoms with E-state index < -0.39 is 0 Å². The van der Waals surface area contributed by atoms with E-state index in [0.717, 1.165) is 42.6 Å². The van der Waals surface area contributed by atoms with Gasteiger partial charge in [0.15, 0.2) is 17.1 Å². The first-order valence-electron chi connectivity index (χ1n) is 9.17. The van der Waals surface area contributed by atoms with Crippen molar-refractivity contribution in [2.24, 2.45) is 0 Å². The van der Waals surface area contributed by atoms with Gasteiger partial charge in [-0.1, -0.05) is 22.8 Å². The molecule has 4 rings (SSSR count). The van der Waals surface area contributed by atoms with Crippen LogP contribution in [0.1, 0.15) is 31.0 Å². The Balaban J connectivity index is 1.95. The second-order valence-corrected chi connectivity index (χ2v) is 7.13. The van der Waals surface area contributed by atoms with E-state index in [2.05, 4.69) is 22.6 Å². The van der Waals surface area contributed by atoms with E-state index >= 15 is 0 Å². The molecule has 27 heavy (non-hydrogen) atoms. The molecule has 2 aromatic carbocycles. The van der Waals surface area contributed by atoms with Crippen LogP contribution in [-0.4, -0.2) is 32.0 Å². The molecule has 0 atom stereocenters. The lowest BCUT2D eigenvalue weighted by molar-refractivity contribution is 0.291. The molecule has 5 nitrogen and oxygen atoms in total. The predicted octanol–water partition coefficient (Wildman–Crippen LogP) is 4.36. The van der Waals surface area contributed by atoms with Crippen LogP contribution >= 0.6 is 11.6 Å². The molecule has 0 aliphatic carbocycles. The SMILES string of the molecule is CCOc1[c]ccc(C2(c3noc4cc(Cl)ccc34)CCNCC2)c1OC. The molecule has 1 radical (unpaired) electrons. The van der Waals surface area contributed by atoms with Gasteiger partial charge in [0.25, 0.3) is 0 Å². The van der Waals surface area contributed by atoms with Crippen molar-refractivity contribution in [1.82, 2.24) is 10.5 Å². The molecule has 0 saturated carbocycles. The Kier molecular flexibility index (Phi) is 4.98. The number of fused-ring (bicyclic) bond motifs is 1. The van der Waals surface area contributed by atoms with Gasteiger partial charge in [-0.2, -0.15) is 0 Å². The minimum Gasteiger partial charge on any atom is -0.493 e. The molecule has 2 heterocycles. The van der Waals surface area contributed by atoms with Crippen molar-refractivity contribution in [3.8, 4) is 11.5 Å². The highest BCUT2D eigenvalue weighted by molar-refractivity contribution is 6.31. The number of piperidine rings is 1. The van der Waals surface area contributed by atoms with Crippen LogP contribution in [0.25, 0.3) is 11.0 Å². The molecular formula is C21H22ClN2O3. The Morgan fingerprint density at radius 2 is 2.11 bits per heavy atom. The van der Waals surface area contributed by atoms with E-state index in [1.165, 1.54) is 0 Å². The number of ether oxygens (including phenoxy) is 2. The summed E-state index contributed by atoms with van der Waals surface area (Å²) in [6.45, 7) is 4.27. The van der Waals surface area contributed by atoms with E-state index in [1.807, 2.05) is 31.2 Å². The van der Waals surface area contributed by atoms with Crippen LogP contribution in [0.4, 0.5) is 0 Å². The van der Waals surface area contributed by atoms with Crippen LogP contribution in [0.15, 0.2) is 34.9 Å². The lowest BCUT2D eigenvalue weighted by atomic mass is 9.69. The van der Waals surface area contributed by atoms with Crippen molar-refractivity contribution in [3.05, 3.63) is 52.7 Å². The second-order valence-electron chi connectivity index (χ2n) is 6.69. The maximum absolute atomic E-state index is 6.13. The average Bonchev–Trinajstić information content (AvgIpc) is 3.12. The number of benzene rings is 2. The van der Waals surface area contributed by atoms with Gasteiger partial charge in [0, 0.05) is 33.5 Å². The lowest BCUT2D eigenvalue weighted by Gasteiger charge is -2.37. The van der Waals surface area contributed by atoms with Gasteiger partial charge in [0.05, 0.1) is 13.7 Å². The van der Waals surface area contributed by atoms with Crippen molar-refractivity contribution >= 4 is 22.6 Å². The topological polar surface area (TPSA) is 56.5 Å². The number of hydrogen-bond acceptors (Lipinski definition) is 5. The van der Waals surface area contributed by atoms with E-state index in [9.17, 15) is 0 Å². The summed E-state index contributed by atoms with van der Waals surface area (Å²) in [5.74, 6) is 1.35. The first-order chi connectivity index (χ1) is 13.2. The van der Waals surface area contributed by atoms with Gasteiger partial charge in [-0.15, -0.1) is 0 Å². The molecule has 1 saturated heterocycles. The summed E-state index contributed by atoms with van der Waals surface area (Å²) in [6, 6.07) is 12.8. The molecular weight excluding hydrogens is 364 g/mol. The van der Waals surface area contributed by atoms with Gasteiger partial charge in [-0.05, 0) is 51.1 Å². The number of aromatic nitrogens is 1. The molecule has 0 amide bonds. The Morgan fingerprint density at radius 3 is 2.85 bits per heavy atom. The zero-order valence-corrected chi connectivity index (χ0v) is 16.2. The fourth-order valence-electron chi connectivity index (χ4n) is 4.04. The van der Waals surface area contributed by atoms with Gasteiger partial charge in [-0.3, -0.25) is 0 Å². The van der Waals surface area contributed by atoms with Gasteiger partial charge >= 0.3 is 0 Å². The molecule has 1 fully saturated rings. The Bertz CT molecular complexity index is 948. The fraction of sp³-hybridized carbons (Fsp3) is 0.381. The van der Waals surface area contributed by atoms with Gasteiger partial charge in [-0.25, -0.2) is 0 Å². The predicted molar refractivity (Wildman–Crippen MR) is 105 cm³/mol. The average molecular weight is 386 g/mol. The highest BCUT2D eigenvalue weighted by Crippen LogP contribution is 2.48. The monoisotopic (exact) mass is 385 g/mol. The summed E-state index contributed by atoms with van der Waals surface area (Å²) in [5.41, 5.74) is 2.33. The number of nitrogens with zero attached hydrogens (tertiary/aromatic N) is 1. The van der Waals surface area contributed by atoms with Crippen molar-refractivity contribution in [3.63, 3.8) is 0 Å². The van der Waals surface area contributed by atoms with Crippen molar-refractivity contribution in [2.45, 2.75) is 25.2 Å². The largest absolute Gasteiger partial charge is 0.493 e. The van der Waals surface area contributed by atoms with Gasteiger partial charge in [0.2, 0.25) is 0 Å². The van der Waals surface area contributed by atoms with E-state index in [-0.39, 0.29) is 5.41 Å². The number of rotatable bonds is 5. The quantitative estimate of drug-likeness (QED) is 0.707. The minimum atomic E-state index is -0.337. The first-order valence-corrected chi connectivity index (χ1v) is 9.55. The van der Waals surface area contributed by atoms with Crippen molar-refractivity contribution < 1.29 is 14.0 Å². The normalized spacial score (nSPS) is 16.4. The molecule has 6 heteroatoms. The zero-order chi connectivity index (χ0) is 18.9. The third-order valence-electron chi connectivity index (χ3n) is 5.27. The maximum atomic E-state index is 6.13. The summed E-state index contributed by atoms with van der Waals surface area (Å²) >= 11 is 6.13. The van der Waals surface area contributed by atoms with Crippen LogP contribution in [0.5, 0.6) is 11.5 Å². The number of nitrogens with one attached hydrogen (secondary N) is 1. The number of halogens is 1. The van der Waals surface area contributed by atoms with Crippen molar-refractivity contribution in [2.75, 3.05) is 26.8 Å². The number of methoxy groups -OCH3 is 1. The molecule has 141 valence electrons. The smallest absolute Gasteiger partial charge is 0.169 e. The highest BCUT2D eigenvalue weighted by Gasteiger charge is 2.42. The molecule has 1 N–H and O–H groups in total. The molecule has 0 unspecified atom stereocenters. The highest BCUT2D eigenvalue weighted by atomic mass is 35.5. The standard InChI is InChI=1S/C21H22ClN2O3/c1-3-26-17-6-4-5-16(19(17)25-2)21(9-11-23-12-10-21)20-15-8-7-14(22)13-18(15)27-24-20/h4-5,7-8,13,23H,3,9-12H2,1-2H3. The molecule has 1 aliphatic rings. The minimum absolute atomic E-state index is 0.337. The molecule has 1 aromatic heterocycles. The van der Waals surface area contributed by atoms with Crippen molar-refractivity contribution in [1.29, 1.82) is 0 Å². The van der Waals surface area contributed by atoms with Crippen LogP contribution < -0.4 is 14.8 Å². The summed E-state index contributed by atoms with van der Waals surface area (Å²) < 4.78 is 17.2. The Hall–Kier alpha value is -2.24. The summed E-state index contributed by atoms with van der Waals surface area (Å²) in [7, 11) is 1.67. The summed E-state index contributed by atoms with van der Waals surface area (Å²) in [5, 5.41) is 9.55. The zero-order valence-electron chi connectivity index (χ0n) is 15.5. The summed E-state index contributed by atoms with van der Waals surface area (Å²) in [6.07, 6.45) is 1.76. The number of hydrogen-bond donors (Lipinski definition) is 1. The van der Waals surface area contributed by atoms with Crippen LogP contribution in [-0.2, 0) is 5.41 Å². The Morgan fingerprint density at radius 1 is 1.30 bits per heavy atom. The van der Waals surface area contributed by atoms with Gasteiger partial charge < -0.3 is 19.3 Å². The Labute approximate surface area is 163 Å². The van der Waals surface area contributed by atoms with Crippen LogP contribution in [0.3, 0.4) is 0 Å². The molecule has 0 bridgehead atoms. The van der Waals surface area contributed by atoms with E-state index in [0.29, 0.717) is 28.7 Å². The lowest BCUT2D eigenvalue weighted by Crippen LogP contribution is -2.41. The third kappa shape index (κ3) is 3.05. The molecule has 0 spiro atoms. The summed E-state index contributed by atoms with van der Waals surface area (Å²) in [4.78, 5) is 0. The van der Waals surface area contributed by atoms with E-state index in [4.69, 9.17) is 25.6 Å². The fourth-order valence-corrected chi connectivity index (χ4v) is 4.20.